The number of hydrogen-bond acceptors (Lipinski definition) is 5. The lowest BCUT2D eigenvalue weighted by Gasteiger charge is -2.13. The van der Waals surface area contributed by atoms with Crippen molar-refractivity contribution in [1.29, 1.82) is 0 Å². The lowest BCUT2D eigenvalue weighted by atomic mass is 10.2. The molecule has 1 N–H and O–H groups in total. The second-order valence-corrected chi connectivity index (χ2v) is 8.60. The van der Waals surface area contributed by atoms with Crippen LogP contribution in [-0.4, -0.2) is 21.2 Å². The topological polar surface area (TPSA) is 64.0 Å². The van der Waals surface area contributed by atoms with Crippen molar-refractivity contribution in [1.82, 2.24) is 9.55 Å². The van der Waals surface area contributed by atoms with Crippen molar-refractivity contribution in [3.8, 4) is 0 Å². The van der Waals surface area contributed by atoms with Crippen LogP contribution in [0, 0.1) is 11.6 Å². The lowest BCUT2D eigenvalue weighted by Crippen LogP contribution is -2.27. The molecule has 1 aliphatic rings. The molecule has 0 spiro atoms. The van der Waals surface area contributed by atoms with Crippen LogP contribution in [0.5, 0.6) is 0 Å². The van der Waals surface area contributed by atoms with Gasteiger partial charge in [-0.2, -0.15) is 4.98 Å². The van der Waals surface area contributed by atoms with Gasteiger partial charge >= 0.3 is 5.69 Å². The number of nitrogens with one attached hydrogen (secondary N) is 1. The van der Waals surface area contributed by atoms with Gasteiger partial charge in [-0.15, -0.1) is 11.3 Å². The second-order valence-electron chi connectivity index (χ2n) is 6.60. The maximum Gasteiger partial charge on any atom is 0.349 e. The summed E-state index contributed by atoms with van der Waals surface area (Å²) in [6.07, 6.45) is 2.55. The predicted octanol–water partition coefficient (Wildman–Crippen LogP) is 3.85. The minimum Gasteiger partial charge on any atom is -0.323 e. The molecule has 0 unspecified atom stereocenters. The summed E-state index contributed by atoms with van der Waals surface area (Å²) in [5, 5.41) is 4.95. The Morgan fingerprint density at radius 1 is 1.28 bits per heavy atom. The van der Waals surface area contributed by atoms with Crippen LogP contribution in [0.1, 0.15) is 22.6 Å². The minimum absolute atomic E-state index is 0.0232. The van der Waals surface area contributed by atoms with Crippen LogP contribution in [-0.2, 0) is 24.2 Å². The molecule has 1 aliphatic carbocycles. The first-order chi connectivity index (χ1) is 14.0. The smallest absolute Gasteiger partial charge is 0.323 e. The number of thiophene rings is 1. The average Bonchev–Trinajstić information content (AvgIpc) is 3.36. The predicted molar refractivity (Wildman–Crippen MR) is 110 cm³/mol. The van der Waals surface area contributed by atoms with Crippen molar-refractivity contribution in [2.45, 2.75) is 30.8 Å². The van der Waals surface area contributed by atoms with Crippen molar-refractivity contribution in [3.63, 3.8) is 0 Å². The van der Waals surface area contributed by atoms with Crippen molar-refractivity contribution in [3.05, 3.63) is 74.0 Å². The Morgan fingerprint density at radius 3 is 2.90 bits per heavy atom. The third-order valence-electron chi connectivity index (χ3n) is 4.64. The van der Waals surface area contributed by atoms with Gasteiger partial charge in [0.05, 0.1) is 18.0 Å². The minimum atomic E-state index is -0.835. The Hall–Kier alpha value is -2.52. The van der Waals surface area contributed by atoms with Gasteiger partial charge < -0.3 is 5.32 Å². The Kier molecular flexibility index (Phi) is 5.77. The fourth-order valence-electron chi connectivity index (χ4n) is 3.34. The number of thioether (sulfide) groups is 1. The highest BCUT2D eigenvalue weighted by Gasteiger charge is 2.23. The number of rotatable bonds is 6. The van der Waals surface area contributed by atoms with E-state index in [1.54, 1.807) is 15.9 Å². The van der Waals surface area contributed by atoms with E-state index in [0.29, 0.717) is 17.6 Å². The van der Waals surface area contributed by atoms with Crippen LogP contribution in [0.2, 0.25) is 0 Å². The molecule has 0 fully saturated rings. The van der Waals surface area contributed by atoms with Gasteiger partial charge in [0.25, 0.3) is 0 Å². The molecule has 0 radical (unpaired) electrons. The van der Waals surface area contributed by atoms with Crippen molar-refractivity contribution < 1.29 is 13.6 Å². The Morgan fingerprint density at radius 2 is 2.14 bits per heavy atom. The molecule has 4 rings (SSSR count). The van der Waals surface area contributed by atoms with Gasteiger partial charge in [-0.25, -0.2) is 13.6 Å². The summed E-state index contributed by atoms with van der Waals surface area (Å²) < 4.78 is 28.4. The van der Waals surface area contributed by atoms with Gasteiger partial charge in [0.15, 0.2) is 0 Å². The molecule has 1 amide bonds. The number of benzene rings is 1. The molecular weight excluding hydrogens is 416 g/mol. The third-order valence-corrected chi connectivity index (χ3v) is 6.52. The summed E-state index contributed by atoms with van der Waals surface area (Å²) in [5.41, 5.74) is 1.57. The van der Waals surface area contributed by atoms with E-state index in [0.717, 1.165) is 53.2 Å². The van der Waals surface area contributed by atoms with E-state index in [1.165, 1.54) is 6.07 Å². The molecule has 1 aromatic carbocycles. The summed E-state index contributed by atoms with van der Waals surface area (Å²) in [5.74, 6) is -2.02. The molecule has 2 aromatic heterocycles. The normalized spacial score (nSPS) is 12.8. The number of fused-ring (bicyclic) bond motifs is 1. The maximum absolute atomic E-state index is 13.7. The van der Waals surface area contributed by atoms with E-state index in [1.807, 2.05) is 17.5 Å². The van der Waals surface area contributed by atoms with Gasteiger partial charge in [0.1, 0.15) is 16.7 Å². The van der Waals surface area contributed by atoms with Crippen LogP contribution >= 0.6 is 23.1 Å². The number of hydrogen-bond donors (Lipinski definition) is 1. The number of halogens is 2. The fraction of sp³-hybridized carbons (Fsp3) is 0.250. The number of nitrogens with zero attached hydrogens (tertiary/aromatic N) is 2. The first-order valence-electron chi connectivity index (χ1n) is 9.04. The number of carbonyl (C=O) groups excluding carboxylic acids is 1. The zero-order valence-corrected chi connectivity index (χ0v) is 16.9. The van der Waals surface area contributed by atoms with Crippen LogP contribution in [0.3, 0.4) is 0 Å². The second kappa shape index (κ2) is 8.46. The van der Waals surface area contributed by atoms with Crippen molar-refractivity contribution in [2.75, 3.05) is 11.1 Å². The number of aromatic nitrogens is 2. The van der Waals surface area contributed by atoms with E-state index in [-0.39, 0.29) is 17.1 Å². The maximum atomic E-state index is 13.7. The largest absolute Gasteiger partial charge is 0.349 e. The average molecular weight is 434 g/mol. The van der Waals surface area contributed by atoms with Crippen LogP contribution in [0.15, 0.2) is 45.5 Å². The van der Waals surface area contributed by atoms with Crippen LogP contribution in [0.4, 0.5) is 14.5 Å². The number of carbonyl (C=O) groups is 1. The monoisotopic (exact) mass is 433 g/mol. The van der Waals surface area contributed by atoms with Gasteiger partial charge in [0, 0.05) is 22.2 Å². The zero-order chi connectivity index (χ0) is 20.4. The van der Waals surface area contributed by atoms with E-state index in [2.05, 4.69) is 10.3 Å². The van der Waals surface area contributed by atoms with E-state index in [4.69, 9.17) is 0 Å². The molecule has 0 saturated heterocycles. The third kappa shape index (κ3) is 4.40. The summed E-state index contributed by atoms with van der Waals surface area (Å²) in [7, 11) is 0. The lowest BCUT2D eigenvalue weighted by molar-refractivity contribution is -0.113. The molecule has 150 valence electrons. The van der Waals surface area contributed by atoms with E-state index in [9.17, 15) is 18.4 Å². The standard InChI is InChI=1S/C20H17F2N3O2S2/c21-12-6-7-16(15(22)9-12)23-18(26)11-29-19-14-4-1-5-17(14)25(20(27)24-19)10-13-3-2-8-28-13/h2-3,6-9H,1,4-5,10-11H2,(H,23,26). The first-order valence-corrected chi connectivity index (χ1v) is 10.9. The Balaban J connectivity index is 1.49. The van der Waals surface area contributed by atoms with Crippen molar-refractivity contribution >= 4 is 34.7 Å². The molecule has 9 heteroatoms. The SMILES string of the molecule is O=C(CSc1nc(=O)n(Cc2cccs2)c2c1CCC2)Nc1ccc(F)cc1F. The molecular formula is C20H17F2N3O2S2. The Bertz CT molecular complexity index is 1110. The molecule has 0 saturated carbocycles. The van der Waals surface area contributed by atoms with Crippen LogP contribution < -0.4 is 11.0 Å². The molecule has 0 aliphatic heterocycles. The molecule has 0 atom stereocenters. The van der Waals surface area contributed by atoms with E-state index < -0.39 is 17.5 Å². The van der Waals surface area contributed by atoms with Crippen molar-refractivity contribution in [2.24, 2.45) is 0 Å². The first kappa shape index (κ1) is 19.8. The molecule has 29 heavy (non-hydrogen) atoms. The van der Waals surface area contributed by atoms with Gasteiger partial charge in [-0.05, 0) is 42.8 Å². The molecule has 0 bridgehead atoms. The zero-order valence-electron chi connectivity index (χ0n) is 15.3. The number of amides is 1. The summed E-state index contributed by atoms with van der Waals surface area (Å²) in [6.45, 7) is 0.501. The molecule has 2 heterocycles. The summed E-state index contributed by atoms with van der Waals surface area (Å²) in [6, 6.07) is 6.90. The highest BCUT2D eigenvalue weighted by molar-refractivity contribution is 8.00. The highest BCUT2D eigenvalue weighted by Crippen LogP contribution is 2.30. The van der Waals surface area contributed by atoms with E-state index >= 15 is 0 Å². The summed E-state index contributed by atoms with van der Waals surface area (Å²) >= 11 is 2.76. The Labute approximate surface area is 173 Å². The van der Waals surface area contributed by atoms with Gasteiger partial charge in [-0.1, -0.05) is 17.8 Å². The van der Waals surface area contributed by atoms with Gasteiger partial charge in [-0.3, -0.25) is 9.36 Å². The van der Waals surface area contributed by atoms with Crippen LogP contribution in [0.25, 0.3) is 0 Å². The van der Waals surface area contributed by atoms with Gasteiger partial charge in [0.2, 0.25) is 5.91 Å². The fourth-order valence-corrected chi connectivity index (χ4v) is 4.91. The summed E-state index contributed by atoms with van der Waals surface area (Å²) in [4.78, 5) is 30.1. The number of anilines is 1. The highest BCUT2D eigenvalue weighted by atomic mass is 32.2. The molecule has 5 nitrogen and oxygen atoms in total. The molecule has 3 aromatic rings. The quantitative estimate of drug-likeness (QED) is 0.474.